The van der Waals surface area contributed by atoms with Crippen LogP contribution in [0.25, 0.3) is 0 Å². The first-order chi connectivity index (χ1) is 7.33. The molecule has 0 unspecified atom stereocenters. The molecule has 84 valence electrons. The first-order valence-electron chi connectivity index (χ1n) is 5.40. The van der Waals surface area contributed by atoms with Crippen LogP contribution in [0.4, 0.5) is 5.82 Å². The molecular formula is C11H20N4. The fourth-order valence-corrected chi connectivity index (χ4v) is 1.20. The summed E-state index contributed by atoms with van der Waals surface area (Å²) in [7, 11) is 0. The first kappa shape index (κ1) is 11.9. The smallest absolute Gasteiger partial charge is 0.125 e. The van der Waals surface area contributed by atoms with Crippen molar-refractivity contribution in [1.29, 1.82) is 0 Å². The molecule has 4 heteroatoms. The van der Waals surface area contributed by atoms with Gasteiger partial charge < -0.3 is 16.4 Å². The van der Waals surface area contributed by atoms with Crippen LogP contribution in [0, 0.1) is 6.92 Å². The van der Waals surface area contributed by atoms with E-state index >= 15 is 0 Å². The van der Waals surface area contributed by atoms with Crippen molar-refractivity contribution in [2.75, 3.05) is 31.5 Å². The average Bonchev–Trinajstić information content (AvgIpc) is 2.26. The van der Waals surface area contributed by atoms with Crippen LogP contribution < -0.4 is 16.4 Å². The van der Waals surface area contributed by atoms with Gasteiger partial charge in [0.15, 0.2) is 0 Å². The standard InChI is InChI=1S/C11H20N4/c1-10-3-4-11(15-9-10)14-8-7-13-6-2-5-12/h3-4,9,13H,2,5-8,12H2,1H3,(H,14,15). The number of nitrogens with two attached hydrogens (primary N) is 1. The van der Waals surface area contributed by atoms with Crippen molar-refractivity contribution in [2.24, 2.45) is 5.73 Å². The lowest BCUT2D eigenvalue weighted by Crippen LogP contribution is -2.24. The Morgan fingerprint density at radius 1 is 1.27 bits per heavy atom. The quantitative estimate of drug-likeness (QED) is 0.578. The van der Waals surface area contributed by atoms with Crippen LogP contribution in [0.2, 0.25) is 0 Å². The highest BCUT2D eigenvalue weighted by Gasteiger charge is 1.91. The van der Waals surface area contributed by atoms with Gasteiger partial charge in [-0.15, -0.1) is 0 Å². The molecule has 0 aliphatic heterocycles. The molecule has 4 N–H and O–H groups in total. The molecule has 0 radical (unpaired) electrons. The molecule has 0 saturated carbocycles. The van der Waals surface area contributed by atoms with E-state index in [1.54, 1.807) is 0 Å². The zero-order chi connectivity index (χ0) is 10.9. The van der Waals surface area contributed by atoms with E-state index in [-0.39, 0.29) is 0 Å². The van der Waals surface area contributed by atoms with Crippen molar-refractivity contribution in [3.63, 3.8) is 0 Å². The third-order valence-electron chi connectivity index (χ3n) is 2.08. The Labute approximate surface area is 91.3 Å². The van der Waals surface area contributed by atoms with Gasteiger partial charge in [-0.2, -0.15) is 0 Å². The molecule has 1 heterocycles. The monoisotopic (exact) mass is 208 g/mol. The summed E-state index contributed by atoms with van der Waals surface area (Å²) in [4.78, 5) is 4.25. The van der Waals surface area contributed by atoms with Crippen molar-refractivity contribution < 1.29 is 0 Å². The summed E-state index contributed by atoms with van der Waals surface area (Å²) in [6.07, 6.45) is 2.90. The Morgan fingerprint density at radius 3 is 2.80 bits per heavy atom. The molecule has 1 aromatic heterocycles. The Bertz CT molecular complexity index is 258. The van der Waals surface area contributed by atoms with E-state index in [9.17, 15) is 0 Å². The Balaban J connectivity index is 2.07. The van der Waals surface area contributed by atoms with Crippen molar-refractivity contribution in [3.8, 4) is 0 Å². The van der Waals surface area contributed by atoms with Crippen LogP contribution in [-0.4, -0.2) is 31.2 Å². The lowest BCUT2D eigenvalue weighted by Gasteiger charge is -2.06. The predicted molar refractivity (Wildman–Crippen MR) is 64.0 cm³/mol. The van der Waals surface area contributed by atoms with Gasteiger partial charge >= 0.3 is 0 Å². The first-order valence-corrected chi connectivity index (χ1v) is 5.40. The maximum Gasteiger partial charge on any atom is 0.125 e. The highest BCUT2D eigenvalue weighted by molar-refractivity contribution is 5.34. The van der Waals surface area contributed by atoms with E-state index in [1.807, 2.05) is 19.2 Å². The zero-order valence-electron chi connectivity index (χ0n) is 9.29. The summed E-state index contributed by atoms with van der Waals surface area (Å²) in [5, 5.41) is 6.54. The van der Waals surface area contributed by atoms with Gasteiger partial charge in [0.1, 0.15) is 5.82 Å². The number of nitrogens with zero attached hydrogens (tertiary/aromatic N) is 1. The molecule has 0 fully saturated rings. The number of hydrogen-bond donors (Lipinski definition) is 3. The number of aryl methyl sites for hydroxylation is 1. The summed E-state index contributed by atoms with van der Waals surface area (Å²) in [5.74, 6) is 0.932. The number of nitrogens with one attached hydrogen (secondary N) is 2. The van der Waals surface area contributed by atoms with Crippen LogP contribution in [0.3, 0.4) is 0 Å². The van der Waals surface area contributed by atoms with Crippen LogP contribution in [0.15, 0.2) is 18.3 Å². The van der Waals surface area contributed by atoms with E-state index in [2.05, 4.69) is 21.7 Å². The van der Waals surface area contributed by atoms with Gasteiger partial charge in [0, 0.05) is 19.3 Å². The maximum absolute atomic E-state index is 5.38. The molecule has 0 spiro atoms. The normalized spacial score (nSPS) is 10.3. The van der Waals surface area contributed by atoms with Crippen LogP contribution in [0.1, 0.15) is 12.0 Å². The molecule has 0 atom stereocenters. The highest BCUT2D eigenvalue weighted by Crippen LogP contribution is 2.02. The Morgan fingerprint density at radius 2 is 2.13 bits per heavy atom. The summed E-state index contributed by atoms with van der Waals surface area (Å²) in [6, 6.07) is 4.05. The van der Waals surface area contributed by atoms with Gasteiger partial charge in [-0.3, -0.25) is 0 Å². The van der Waals surface area contributed by atoms with Gasteiger partial charge in [-0.05, 0) is 38.1 Å². The van der Waals surface area contributed by atoms with Gasteiger partial charge in [0.25, 0.3) is 0 Å². The minimum absolute atomic E-state index is 0.750. The number of anilines is 1. The van der Waals surface area contributed by atoms with Crippen molar-refractivity contribution >= 4 is 5.82 Å². The van der Waals surface area contributed by atoms with Gasteiger partial charge in [-0.25, -0.2) is 4.98 Å². The molecule has 0 saturated heterocycles. The molecule has 0 aromatic carbocycles. The number of rotatable bonds is 7. The van der Waals surface area contributed by atoms with Crippen LogP contribution >= 0.6 is 0 Å². The van der Waals surface area contributed by atoms with E-state index in [4.69, 9.17) is 5.73 Å². The third-order valence-corrected chi connectivity index (χ3v) is 2.08. The number of hydrogen-bond acceptors (Lipinski definition) is 4. The van der Waals surface area contributed by atoms with E-state index in [0.29, 0.717) is 0 Å². The topological polar surface area (TPSA) is 63.0 Å². The molecule has 0 aliphatic rings. The van der Waals surface area contributed by atoms with E-state index in [1.165, 1.54) is 5.56 Å². The minimum atomic E-state index is 0.750. The SMILES string of the molecule is Cc1ccc(NCCNCCCN)nc1. The van der Waals surface area contributed by atoms with Crippen LogP contribution in [0.5, 0.6) is 0 Å². The zero-order valence-corrected chi connectivity index (χ0v) is 9.29. The average molecular weight is 208 g/mol. The number of aromatic nitrogens is 1. The second-order valence-corrected chi connectivity index (χ2v) is 3.54. The van der Waals surface area contributed by atoms with Crippen LogP contribution in [-0.2, 0) is 0 Å². The predicted octanol–water partition coefficient (Wildman–Crippen LogP) is 0.740. The maximum atomic E-state index is 5.38. The van der Waals surface area contributed by atoms with Gasteiger partial charge in [0.2, 0.25) is 0 Å². The second-order valence-electron chi connectivity index (χ2n) is 3.54. The fourth-order valence-electron chi connectivity index (χ4n) is 1.20. The molecule has 0 amide bonds. The Hall–Kier alpha value is -1.13. The molecule has 1 rings (SSSR count). The molecule has 15 heavy (non-hydrogen) atoms. The molecule has 1 aromatic rings. The van der Waals surface area contributed by atoms with Crippen molar-refractivity contribution in [1.82, 2.24) is 10.3 Å². The van der Waals surface area contributed by atoms with Crippen molar-refractivity contribution in [3.05, 3.63) is 23.9 Å². The number of pyridine rings is 1. The van der Waals surface area contributed by atoms with E-state index < -0.39 is 0 Å². The molecule has 0 aliphatic carbocycles. The lowest BCUT2D eigenvalue weighted by atomic mass is 10.3. The second kappa shape index (κ2) is 7.20. The third kappa shape index (κ3) is 5.34. The molecular weight excluding hydrogens is 188 g/mol. The molecule has 0 bridgehead atoms. The highest BCUT2D eigenvalue weighted by atomic mass is 15.0. The van der Waals surface area contributed by atoms with Gasteiger partial charge in [-0.1, -0.05) is 6.07 Å². The summed E-state index contributed by atoms with van der Waals surface area (Å²) < 4.78 is 0. The van der Waals surface area contributed by atoms with Crippen molar-refractivity contribution in [2.45, 2.75) is 13.3 Å². The summed E-state index contributed by atoms with van der Waals surface area (Å²) in [5.41, 5.74) is 6.56. The lowest BCUT2D eigenvalue weighted by molar-refractivity contribution is 0.666. The minimum Gasteiger partial charge on any atom is -0.369 e. The Kier molecular flexibility index (Phi) is 5.73. The molecule has 4 nitrogen and oxygen atoms in total. The summed E-state index contributed by atoms with van der Waals surface area (Å²) >= 11 is 0. The van der Waals surface area contributed by atoms with Gasteiger partial charge in [0.05, 0.1) is 0 Å². The summed E-state index contributed by atoms with van der Waals surface area (Å²) in [6.45, 7) is 5.60. The largest absolute Gasteiger partial charge is 0.369 e. The van der Waals surface area contributed by atoms with E-state index in [0.717, 1.165) is 38.4 Å². The fraction of sp³-hybridized carbons (Fsp3) is 0.545.